The van der Waals surface area contributed by atoms with E-state index < -0.39 is 10.0 Å². The van der Waals surface area contributed by atoms with Gasteiger partial charge in [-0.1, -0.05) is 23.7 Å². The molecule has 1 heterocycles. The summed E-state index contributed by atoms with van der Waals surface area (Å²) < 4.78 is 28.7. The van der Waals surface area contributed by atoms with E-state index in [1.165, 1.54) is 0 Å². The molecular weight excluding hydrogens is 418 g/mol. The second-order valence-corrected chi connectivity index (χ2v) is 10.2. The molecule has 1 aromatic heterocycles. The standard InChI is InChI=1S/C23H26ClN3O2S/c1-15-3-4-16(2)23(13-15)30(28,29)27-19-8-6-18(7-9-19)26-21-11-12-25-22-14-17(24)5-10-20(21)22/h3-5,10-14,18-19,27H,6-9H2,1-2H3,(H,25,26)/t18-,19+. The van der Waals surface area contributed by atoms with Gasteiger partial charge >= 0.3 is 0 Å². The van der Waals surface area contributed by atoms with Crippen LogP contribution in [0.3, 0.4) is 0 Å². The topological polar surface area (TPSA) is 71.1 Å². The number of anilines is 1. The van der Waals surface area contributed by atoms with Gasteiger partial charge in [0.15, 0.2) is 0 Å². The van der Waals surface area contributed by atoms with Crippen LogP contribution in [0.4, 0.5) is 5.69 Å². The summed E-state index contributed by atoms with van der Waals surface area (Å²) in [5.41, 5.74) is 3.62. The zero-order valence-electron chi connectivity index (χ0n) is 17.2. The summed E-state index contributed by atoms with van der Waals surface area (Å²) in [5.74, 6) is 0. The zero-order chi connectivity index (χ0) is 21.3. The number of aromatic nitrogens is 1. The van der Waals surface area contributed by atoms with E-state index in [-0.39, 0.29) is 6.04 Å². The van der Waals surface area contributed by atoms with E-state index in [0.717, 1.165) is 53.4 Å². The van der Waals surface area contributed by atoms with Crippen molar-refractivity contribution in [2.45, 2.75) is 56.5 Å². The first kappa shape index (κ1) is 21.1. The van der Waals surface area contributed by atoms with Crippen molar-refractivity contribution in [1.29, 1.82) is 0 Å². The maximum absolute atomic E-state index is 12.9. The van der Waals surface area contributed by atoms with Crippen LogP contribution in [0.5, 0.6) is 0 Å². The number of nitrogens with one attached hydrogen (secondary N) is 2. The van der Waals surface area contributed by atoms with Crippen molar-refractivity contribution in [2.24, 2.45) is 0 Å². The molecule has 0 atom stereocenters. The molecule has 0 spiro atoms. The average molecular weight is 444 g/mol. The van der Waals surface area contributed by atoms with Crippen LogP contribution < -0.4 is 10.0 Å². The van der Waals surface area contributed by atoms with Gasteiger partial charge in [-0.05, 0) is 81.0 Å². The molecule has 2 aromatic carbocycles. The minimum Gasteiger partial charge on any atom is -0.382 e. The summed E-state index contributed by atoms with van der Waals surface area (Å²) in [6.07, 6.45) is 5.19. The third kappa shape index (κ3) is 4.61. The Morgan fingerprint density at radius 3 is 2.47 bits per heavy atom. The van der Waals surface area contributed by atoms with E-state index in [1.807, 2.05) is 50.2 Å². The lowest BCUT2D eigenvalue weighted by Gasteiger charge is -2.30. The van der Waals surface area contributed by atoms with Crippen LogP contribution >= 0.6 is 11.6 Å². The smallest absolute Gasteiger partial charge is 0.241 e. The molecule has 2 N–H and O–H groups in total. The Morgan fingerprint density at radius 2 is 1.70 bits per heavy atom. The first-order valence-corrected chi connectivity index (χ1v) is 12.1. The first-order valence-electron chi connectivity index (χ1n) is 10.2. The van der Waals surface area contributed by atoms with E-state index in [4.69, 9.17) is 11.6 Å². The molecular formula is C23H26ClN3O2S. The predicted molar refractivity (Wildman–Crippen MR) is 123 cm³/mol. The highest BCUT2D eigenvalue weighted by Gasteiger charge is 2.27. The lowest BCUT2D eigenvalue weighted by atomic mass is 9.91. The van der Waals surface area contributed by atoms with Gasteiger partial charge in [0, 0.05) is 34.4 Å². The van der Waals surface area contributed by atoms with Crippen LogP contribution in [0, 0.1) is 13.8 Å². The molecule has 0 amide bonds. The van der Waals surface area contributed by atoms with E-state index in [2.05, 4.69) is 15.0 Å². The third-order valence-electron chi connectivity index (χ3n) is 5.75. The maximum Gasteiger partial charge on any atom is 0.241 e. The number of halogens is 1. The summed E-state index contributed by atoms with van der Waals surface area (Å²) in [7, 11) is -3.51. The van der Waals surface area contributed by atoms with Crippen molar-refractivity contribution in [2.75, 3.05) is 5.32 Å². The van der Waals surface area contributed by atoms with E-state index in [9.17, 15) is 8.42 Å². The van der Waals surface area contributed by atoms with Gasteiger partial charge in [-0.15, -0.1) is 0 Å². The Bertz CT molecular complexity index is 1170. The number of hydrogen-bond donors (Lipinski definition) is 2. The summed E-state index contributed by atoms with van der Waals surface area (Å²) >= 11 is 6.08. The predicted octanol–water partition coefficient (Wildman–Crippen LogP) is 5.21. The third-order valence-corrected chi connectivity index (χ3v) is 7.64. The first-order chi connectivity index (χ1) is 14.3. The maximum atomic E-state index is 12.9. The lowest BCUT2D eigenvalue weighted by Crippen LogP contribution is -2.40. The molecule has 3 aromatic rings. The summed E-state index contributed by atoms with van der Waals surface area (Å²) in [6.45, 7) is 3.74. The van der Waals surface area contributed by atoms with Crippen LogP contribution in [0.15, 0.2) is 53.6 Å². The molecule has 1 aliphatic carbocycles. The summed E-state index contributed by atoms with van der Waals surface area (Å²) in [5, 5.41) is 5.33. The number of pyridine rings is 1. The monoisotopic (exact) mass is 443 g/mol. The molecule has 0 unspecified atom stereocenters. The van der Waals surface area contributed by atoms with Crippen molar-refractivity contribution >= 4 is 38.2 Å². The second-order valence-electron chi connectivity index (χ2n) is 8.10. The molecule has 5 nitrogen and oxygen atoms in total. The Hall–Kier alpha value is -2.15. The van der Waals surface area contributed by atoms with Gasteiger partial charge in [0.1, 0.15) is 0 Å². The number of nitrogens with zero attached hydrogens (tertiary/aromatic N) is 1. The zero-order valence-corrected chi connectivity index (χ0v) is 18.7. The van der Waals surface area contributed by atoms with Gasteiger partial charge in [-0.2, -0.15) is 0 Å². The number of benzene rings is 2. The molecule has 158 valence electrons. The van der Waals surface area contributed by atoms with E-state index in [0.29, 0.717) is 16.0 Å². The van der Waals surface area contributed by atoms with E-state index in [1.54, 1.807) is 12.3 Å². The van der Waals surface area contributed by atoms with Crippen molar-refractivity contribution < 1.29 is 8.42 Å². The number of sulfonamides is 1. The quantitative estimate of drug-likeness (QED) is 0.568. The highest BCUT2D eigenvalue weighted by molar-refractivity contribution is 7.89. The molecule has 0 bridgehead atoms. The molecule has 1 saturated carbocycles. The van der Waals surface area contributed by atoms with Crippen LogP contribution in [-0.2, 0) is 10.0 Å². The Morgan fingerprint density at radius 1 is 0.967 bits per heavy atom. The Balaban J connectivity index is 1.40. The molecule has 0 radical (unpaired) electrons. The minimum absolute atomic E-state index is 0.0408. The SMILES string of the molecule is Cc1ccc(C)c(S(=O)(=O)N[C@H]2CC[C@@H](Nc3ccnc4cc(Cl)ccc34)CC2)c1. The fraction of sp³-hybridized carbons (Fsp3) is 0.348. The fourth-order valence-corrected chi connectivity index (χ4v) is 5.90. The number of aryl methyl sites for hydroxylation is 2. The molecule has 1 aliphatic rings. The van der Waals surface area contributed by atoms with E-state index >= 15 is 0 Å². The molecule has 0 aliphatic heterocycles. The van der Waals surface area contributed by atoms with Crippen molar-refractivity contribution in [3.63, 3.8) is 0 Å². The lowest BCUT2D eigenvalue weighted by molar-refractivity contribution is 0.387. The largest absolute Gasteiger partial charge is 0.382 e. The summed E-state index contributed by atoms with van der Waals surface area (Å²) in [4.78, 5) is 4.77. The van der Waals surface area contributed by atoms with Crippen molar-refractivity contribution in [3.8, 4) is 0 Å². The molecule has 7 heteroatoms. The Kier molecular flexibility index (Phi) is 6.00. The normalized spacial score (nSPS) is 19.7. The van der Waals surface area contributed by atoms with Crippen LogP contribution in [0.25, 0.3) is 10.9 Å². The second kappa shape index (κ2) is 8.53. The molecule has 4 rings (SSSR count). The van der Waals surface area contributed by atoms with Gasteiger partial charge < -0.3 is 5.32 Å². The van der Waals surface area contributed by atoms with Crippen LogP contribution in [0.1, 0.15) is 36.8 Å². The minimum atomic E-state index is -3.51. The molecule has 1 fully saturated rings. The fourth-order valence-electron chi connectivity index (χ4n) is 4.10. The molecule has 0 saturated heterocycles. The van der Waals surface area contributed by atoms with Gasteiger partial charge in [-0.3, -0.25) is 4.98 Å². The van der Waals surface area contributed by atoms with Gasteiger partial charge in [0.25, 0.3) is 0 Å². The Labute approximate surface area is 182 Å². The van der Waals surface area contributed by atoms with Gasteiger partial charge in [0.05, 0.1) is 10.4 Å². The highest BCUT2D eigenvalue weighted by atomic mass is 35.5. The number of hydrogen-bond acceptors (Lipinski definition) is 4. The van der Waals surface area contributed by atoms with Crippen molar-refractivity contribution in [1.82, 2.24) is 9.71 Å². The number of rotatable bonds is 5. The molecule has 30 heavy (non-hydrogen) atoms. The van der Waals surface area contributed by atoms with Crippen LogP contribution in [-0.4, -0.2) is 25.5 Å². The number of fused-ring (bicyclic) bond motifs is 1. The highest BCUT2D eigenvalue weighted by Crippen LogP contribution is 2.29. The van der Waals surface area contributed by atoms with Gasteiger partial charge in [-0.25, -0.2) is 13.1 Å². The summed E-state index contributed by atoms with van der Waals surface area (Å²) in [6, 6.07) is 13.5. The van der Waals surface area contributed by atoms with Crippen molar-refractivity contribution in [3.05, 3.63) is 64.8 Å². The van der Waals surface area contributed by atoms with Gasteiger partial charge in [0.2, 0.25) is 10.0 Å². The van der Waals surface area contributed by atoms with Crippen LogP contribution in [0.2, 0.25) is 5.02 Å². The average Bonchev–Trinajstić information content (AvgIpc) is 2.71.